The van der Waals surface area contributed by atoms with E-state index in [0.29, 0.717) is 6.61 Å². The zero-order valence-corrected chi connectivity index (χ0v) is 7.79. The molecule has 1 aromatic heterocycles. The van der Waals surface area contributed by atoms with E-state index in [0.717, 1.165) is 24.3 Å². The lowest BCUT2D eigenvalue weighted by Crippen LogP contribution is -2.37. The summed E-state index contributed by atoms with van der Waals surface area (Å²) >= 11 is 0. The molecule has 1 aromatic rings. The average molecular weight is 178 g/mol. The molecule has 1 aliphatic heterocycles. The Bertz CT molecular complexity index is 306. The van der Waals surface area contributed by atoms with Gasteiger partial charge in [-0.15, -0.1) is 0 Å². The van der Waals surface area contributed by atoms with Crippen molar-refractivity contribution in [1.29, 1.82) is 0 Å². The molecule has 13 heavy (non-hydrogen) atoms. The quantitative estimate of drug-likeness (QED) is 0.697. The maximum absolute atomic E-state index is 6.20. The van der Waals surface area contributed by atoms with Crippen molar-refractivity contribution in [2.75, 3.05) is 13.2 Å². The highest BCUT2D eigenvalue weighted by atomic mass is 16.5. The van der Waals surface area contributed by atoms with Gasteiger partial charge in [0.05, 0.1) is 12.1 Å². The van der Waals surface area contributed by atoms with E-state index in [1.165, 1.54) is 0 Å². The smallest absolute Gasteiger partial charge is 0.0689 e. The molecule has 2 N–H and O–H groups in total. The number of aromatic nitrogens is 1. The van der Waals surface area contributed by atoms with E-state index < -0.39 is 0 Å². The normalized spacial score (nSPS) is 27.8. The highest BCUT2D eigenvalue weighted by Crippen LogP contribution is 2.27. The van der Waals surface area contributed by atoms with Crippen molar-refractivity contribution in [1.82, 2.24) is 4.98 Å². The molecule has 0 radical (unpaired) electrons. The SMILES string of the molecule is Cc1cc(C2(N)CCOC2)ccn1. The maximum atomic E-state index is 6.20. The van der Waals surface area contributed by atoms with Crippen LogP contribution in [0.5, 0.6) is 0 Å². The Kier molecular flexibility index (Phi) is 2.06. The zero-order valence-electron chi connectivity index (χ0n) is 7.79. The van der Waals surface area contributed by atoms with Crippen LogP contribution >= 0.6 is 0 Å². The number of hydrogen-bond donors (Lipinski definition) is 1. The predicted molar refractivity (Wildman–Crippen MR) is 50.3 cm³/mol. The summed E-state index contributed by atoms with van der Waals surface area (Å²) < 4.78 is 5.31. The topological polar surface area (TPSA) is 48.1 Å². The van der Waals surface area contributed by atoms with E-state index in [9.17, 15) is 0 Å². The van der Waals surface area contributed by atoms with Gasteiger partial charge in [0.1, 0.15) is 0 Å². The summed E-state index contributed by atoms with van der Waals surface area (Å²) in [5, 5.41) is 0. The van der Waals surface area contributed by atoms with Gasteiger partial charge in [0, 0.05) is 18.5 Å². The first-order valence-electron chi connectivity index (χ1n) is 4.50. The zero-order chi connectivity index (χ0) is 9.31. The number of aryl methyl sites for hydroxylation is 1. The lowest BCUT2D eigenvalue weighted by Gasteiger charge is -2.22. The molecular formula is C10H14N2O. The van der Waals surface area contributed by atoms with Gasteiger partial charge < -0.3 is 10.5 Å². The summed E-state index contributed by atoms with van der Waals surface area (Å²) in [5.41, 5.74) is 8.06. The first-order valence-corrected chi connectivity index (χ1v) is 4.50. The van der Waals surface area contributed by atoms with Crippen LogP contribution in [0.1, 0.15) is 17.7 Å². The second-order valence-electron chi connectivity index (χ2n) is 3.64. The van der Waals surface area contributed by atoms with Crippen LogP contribution in [0, 0.1) is 6.92 Å². The van der Waals surface area contributed by atoms with E-state index in [-0.39, 0.29) is 5.54 Å². The lowest BCUT2D eigenvalue weighted by molar-refractivity contribution is 0.178. The van der Waals surface area contributed by atoms with Crippen LogP contribution in [0.25, 0.3) is 0 Å². The standard InChI is InChI=1S/C10H14N2O/c1-8-6-9(2-4-12-8)10(11)3-5-13-7-10/h2,4,6H,3,5,7,11H2,1H3. The molecule has 2 rings (SSSR count). The van der Waals surface area contributed by atoms with Crippen molar-refractivity contribution in [2.45, 2.75) is 18.9 Å². The van der Waals surface area contributed by atoms with E-state index >= 15 is 0 Å². The van der Waals surface area contributed by atoms with Crippen molar-refractivity contribution >= 4 is 0 Å². The molecule has 0 saturated carbocycles. The molecule has 1 saturated heterocycles. The number of ether oxygens (including phenoxy) is 1. The third-order valence-electron chi connectivity index (χ3n) is 2.52. The Balaban J connectivity index is 2.33. The van der Waals surface area contributed by atoms with Gasteiger partial charge >= 0.3 is 0 Å². The van der Waals surface area contributed by atoms with E-state index in [1.54, 1.807) is 6.20 Å². The summed E-state index contributed by atoms with van der Waals surface area (Å²) in [6, 6.07) is 4.01. The Morgan fingerprint density at radius 1 is 1.62 bits per heavy atom. The van der Waals surface area contributed by atoms with Crippen LogP contribution in [-0.4, -0.2) is 18.2 Å². The van der Waals surface area contributed by atoms with Gasteiger partial charge in [0.25, 0.3) is 0 Å². The van der Waals surface area contributed by atoms with Crippen LogP contribution < -0.4 is 5.73 Å². The molecule has 0 spiro atoms. The fraction of sp³-hybridized carbons (Fsp3) is 0.500. The fourth-order valence-corrected chi connectivity index (χ4v) is 1.66. The number of nitrogens with two attached hydrogens (primary N) is 1. The molecule has 1 unspecified atom stereocenters. The highest BCUT2D eigenvalue weighted by molar-refractivity contribution is 5.25. The first-order chi connectivity index (χ1) is 6.21. The summed E-state index contributed by atoms with van der Waals surface area (Å²) in [5.74, 6) is 0. The van der Waals surface area contributed by atoms with Gasteiger partial charge in [-0.05, 0) is 31.0 Å². The maximum Gasteiger partial charge on any atom is 0.0689 e. The number of pyridine rings is 1. The fourth-order valence-electron chi connectivity index (χ4n) is 1.66. The van der Waals surface area contributed by atoms with Gasteiger partial charge in [-0.1, -0.05) is 0 Å². The van der Waals surface area contributed by atoms with Crippen molar-refractivity contribution in [3.63, 3.8) is 0 Å². The summed E-state index contributed by atoms with van der Waals surface area (Å²) in [6.45, 7) is 3.36. The average Bonchev–Trinajstić information content (AvgIpc) is 2.54. The van der Waals surface area contributed by atoms with Crippen molar-refractivity contribution in [2.24, 2.45) is 5.73 Å². The minimum absolute atomic E-state index is 0.284. The number of nitrogens with zero attached hydrogens (tertiary/aromatic N) is 1. The highest BCUT2D eigenvalue weighted by Gasteiger charge is 2.32. The van der Waals surface area contributed by atoms with Crippen LogP contribution in [0.4, 0.5) is 0 Å². The van der Waals surface area contributed by atoms with Crippen LogP contribution in [0.3, 0.4) is 0 Å². The molecule has 70 valence electrons. The predicted octanol–water partition coefficient (Wildman–Crippen LogP) is 0.964. The Hall–Kier alpha value is -0.930. The third-order valence-corrected chi connectivity index (χ3v) is 2.52. The monoisotopic (exact) mass is 178 g/mol. The largest absolute Gasteiger partial charge is 0.379 e. The first kappa shape index (κ1) is 8.66. The molecule has 0 aliphatic carbocycles. The molecule has 1 atom stereocenters. The molecule has 3 heteroatoms. The molecule has 1 aliphatic rings. The minimum atomic E-state index is -0.284. The van der Waals surface area contributed by atoms with Crippen LogP contribution in [0.2, 0.25) is 0 Å². The number of hydrogen-bond acceptors (Lipinski definition) is 3. The molecule has 1 fully saturated rings. The molecule has 3 nitrogen and oxygen atoms in total. The summed E-state index contributed by atoms with van der Waals surface area (Å²) in [6.07, 6.45) is 2.70. The molecule has 2 heterocycles. The minimum Gasteiger partial charge on any atom is -0.379 e. The molecule has 0 amide bonds. The van der Waals surface area contributed by atoms with Crippen LogP contribution in [-0.2, 0) is 10.3 Å². The van der Waals surface area contributed by atoms with Crippen molar-refractivity contribution in [3.05, 3.63) is 29.6 Å². The second kappa shape index (κ2) is 3.09. The van der Waals surface area contributed by atoms with Crippen molar-refractivity contribution in [3.8, 4) is 0 Å². The third kappa shape index (κ3) is 1.57. The Morgan fingerprint density at radius 3 is 3.08 bits per heavy atom. The molecule has 0 aromatic carbocycles. The lowest BCUT2D eigenvalue weighted by atomic mass is 9.91. The van der Waals surface area contributed by atoms with Gasteiger partial charge in [-0.25, -0.2) is 0 Å². The van der Waals surface area contributed by atoms with Crippen LogP contribution in [0.15, 0.2) is 18.3 Å². The van der Waals surface area contributed by atoms with Gasteiger partial charge in [0.15, 0.2) is 0 Å². The van der Waals surface area contributed by atoms with E-state index in [1.807, 2.05) is 19.1 Å². The van der Waals surface area contributed by atoms with E-state index in [2.05, 4.69) is 4.98 Å². The Labute approximate surface area is 77.9 Å². The summed E-state index contributed by atoms with van der Waals surface area (Å²) in [7, 11) is 0. The second-order valence-corrected chi connectivity index (χ2v) is 3.64. The molecule has 0 bridgehead atoms. The van der Waals surface area contributed by atoms with Gasteiger partial charge in [-0.2, -0.15) is 0 Å². The van der Waals surface area contributed by atoms with Gasteiger partial charge in [-0.3, -0.25) is 4.98 Å². The molecular weight excluding hydrogens is 164 g/mol. The van der Waals surface area contributed by atoms with Gasteiger partial charge in [0.2, 0.25) is 0 Å². The Morgan fingerprint density at radius 2 is 2.46 bits per heavy atom. The summed E-state index contributed by atoms with van der Waals surface area (Å²) in [4.78, 5) is 4.15. The number of rotatable bonds is 1. The van der Waals surface area contributed by atoms with E-state index in [4.69, 9.17) is 10.5 Å². The van der Waals surface area contributed by atoms with Crippen molar-refractivity contribution < 1.29 is 4.74 Å².